The first kappa shape index (κ1) is 15.3. The molecular weight excluding hydrogens is 292 g/mol. The van der Waals surface area contributed by atoms with Crippen LogP contribution in [-0.4, -0.2) is 18.1 Å². The van der Waals surface area contributed by atoms with Crippen molar-refractivity contribution in [3.63, 3.8) is 0 Å². The molecule has 2 aromatic rings. The first-order valence-electron chi connectivity index (χ1n) is 6.45. The van der Waals surface area contributed by atoms with Gasteiger partial charge in [-0.3, -0.25) is 10.1 Å². The first-order valence-corrected chi connectivity index (χ1v) is 6.83. The van der Waals surface area contributed by atoms with E-state index < -0.39 is 4.92 Å². The van der Waals surface area contributed by atoms with Crippen molar-refractivity contribution in [1.82, 2.24) is 0 Å². The van der Waals surface area contributed by atoms with Crippen molar-refractivity contribution in [2.75, 3.05) is 18.5 Å². The Morgan fingerprint density at radius 3 is 2.38 bits per heavy atom. The second kappa shape index (κ2) is 7.61. The number of rotatable bonds is 7. The number of anilines is 1. The topological polar surface area (TPSA) is 64.4 Å². The summed E-state index contributed by atoms with van der Waals surface area (Å²) in [6.07, 6.45) is 0. The summed E-state index contributed by atoms with van der Waals surface area (Å²) >= 11 is 5.80. The Bertz CT molecular complexity index is 585. The molecule has 0 fully saturated rings. The largest absolute Gasteiger partial charge is 0.383 e. The number of ether oxygens (including phenoxy) is 1. The van der Waals surface area contributed by atoms with E-state index in [1.807, 2.05) is 24.3 Å². The highest BCUT2D eigenvalue weighted by atomic mass is 35.5. The highest BCUT2D eigenvalue weighted by Crippen LogP contribution is 2.15. The van der Waals surface area contributed by atoms with Crippen molar-refractivity contribution in [1.29, 1.82) is 0 Å². The van der Waals surface area contributed by atoms with Crippen molar-refractivity contribution in [2.45, 2.75) is 6.61 Å². The standard InChI is InChI=1S/C15H15ClN2O3/c16-13-3-1-12(2-4-13)11-21-10-9-17-14-5-7-15(8-6-14)18(19)20/h1-8,17H,9-11H2. The highest BCUT2D eigenvalue weighted by Gasteiger charge is 2.03. The molecule has 2 aromatic carbocycles. The van der Waals surface area contributed by atoms with Gasteiger partial charge in [0.25, 0.3) is 5.69 Å². The average molecular weight is 307 g/mol. The number of non-ortho nitro benzene ring substituents is 1. The monoisotopic (exact) mass is 306 g/mol. The Morgan fingerprint density at radius 1 is 1.10 bits per heavy atom. The Balaban J connectivity index is 1.67. The molecule has 21 heavy (non-hydrogen) atoms. The fraction of sp³-hybridized carbons (Fsp3) is 0.200. The van der Waals surface area contributed by atoms with E-state index in [0.717, 1.165) is 11.3 Å². The maximum Gasteiger partial charge on any atom is 0.269 e. The molecule has 0 aromatic heterocycles. The highest BCUT2D eigenvalue weighted by molar-refractivity contribution is 6.30. The van der Waals surface area contributed by atoms with Gasteiger partial charge in [0, 0.05) is 29.4 Å². The lowest BCUT2D eigenvalue weighted by molar-refractivity contribution is -0.384. The summed E-state index contributed by atoms with van der Waals surface area (Å²) < 4.78 is 5.53. The Hall–Kier alpha value is -2.11. The van der Waals surface area contributed by atoms with Gasteiger partial charge in [0.15, 0.2) is 0 Å². The minimum absolute atomic E-state index is 0.0829. The summed E-state index contributed by atoms with van der Waals surface area (Å²) in [6.45, 7) is 1.70. The lowest BCUT2D eigenvalue weighted by atomic mass is 10.2. The van der Waals surface area contributed by atoms with Gasteiger partial charge in [0.05, 0.1) is 18.1 Å². The molecular formula is C15H15ClN2O3. The van der Waals surface area contributed by atoms with E-state index >= 15 is 0 Å². The van der Waals surface area contributed by atoms with Crippen LogP contribution in [0.2, 0.25) is 5.02 Å². The molecule has 6 heteroatoms. The fourth-order valence-corrected chi connectivity index (χ4v) is 1.87. The third-order valence-corrected chi connectivity index (χ3v) is 3.09. The van der Waals surface area contributed by atoms with Crippen molar-refractivity contribution in [2.24, 2.45) is 0 Å². The average Bonchev–Trinajstić information content (AvgIpc) is 2.49. The van der Waals surface area contributed by atoms with Crippen LogP contribution in [0.1, 0.15) is 5.56 Å². The zero-order valence-electron chi connectivity index (χ0n) is 11.3. The van der Waals surface area contributed by atoms with Crippen LogP contribution in [0.3, 0.4) is 0 Å². The molecule has 0 unspecified atom stereocenters. The van der Waals surface area contributed by atoms with Crippen LogP contribution < -0.4 is 5.32 Å². The van der Waals surface area contributed by atoms with Gasteiger partial charge >= 0.3 is 0 Å². The number of hydrogen-bond donors (Lipinski definition) is 1. The molecule has 5 nitrogen and oxygen atoms in total. The molecule has 0 atom stereocenters. The minimum Gasteiger partial charge on any atom is -0.383 e. The molecule has 0 spiro atoms. The molecule has 0 aliphatic rings. The molecule has 0 saturated carbocycles. The van der Waals surface area contributed by atoms with Crippen LogP contribution in [0.5, 0.6) is 0 Å². The van der Waals surface area contributed by atoms with Crippen LogP contribution in [0.4, 0.5) is 11.4 Å². The Kier molecular flexibility index (Phi) is 5.54. The van der Waals surface area contributed by atoms with Crippen LogP contribution in [0, 0.1) is 10.1 Å². The minimum atomic E-state index is -0.418. The summed E-state index contributed by atoms with van der Waals surface area (Å²) in [4.78, 5) is 10.1. The van der Waals surface area contributed by atoms with E-state index in [1.165, 1.54) is 12.1 Å². The number of nitro groups is 1. The molecule has 0 heterocycles. The molecule has 0 amide bonds. The number of nitro benzene ring substituents is 1. The van der Waals surface area contributed by atoms with Crippen molar-refractivity contribution < 1.29 is 9.66 Å². The van der Waals surface area contributed by atoms with Crippen LogP contribution in [0.15, 0.2) is 48.5 Å². The maximum atomic E-state index is 10.5. The van der Waals surface area contributed by atoms with E-state index in [0.29, 0.717) is 24.8 Å². The van der Waals surface area contributed by atoms with Crippen LogP contribution in [0.25, 0.3) is 0 Å². The maximum absolute atomic E-state index is 10.5. The first-order chi connectivity index (χ1) is 10.1. The van der Waals surface area contributed by atoms with Gasteiger partial charge in [0.1, 0.15) is 0 Å². The van der Waals surface area contributed by atoms with E-state index in [4.69, 9.17) is 16.3 Å². The van der Waals surface area contributed by atoms with E-state index in [2.05, 4.69) is 5.32 Å². The van der Waals surface area contributed by atoms with E-state index in [9.17, 15) is 10.1 Å². The molecule has 0 aliphatic carbocycles. The molecule has 2 rings (SSSR count). The zero-order chi connectivity index (χ0) is 15.1. The molecule has 0 aliphatic heterocycles. The molecule has 0 radical (unpaired) electrons. The molecule has 110 valence electrons. The van der Waals surface area contributed by atoms with E-state index in [1.54, 1.807) is 12.1 Å². The van der Waals surface area contributed by atoms with Gasteiger partial charge in [-0.2, -0.15) is 0 Å². The van der Waals surface area contributed by atoms with Gasteiger partial charge in [-0.15, -0.1) is 0 Å². The lowest BCUT2D eigenvalue weighted by Crippen LogP contribution is -2.09. The number of hydrogen-bond acceptors (Lipinski definition) is 4. The molecule has 1 N–H and O–H groups in total. The summed E-state index contributed by atoms with van der Waals surface area (Å²) in [6, 6.07) is 13.8. The summed E-state index contributed by atoms with van der Waals surface area (Å²) in [5, 5.41) is 14.4. The van der Waals surface area contributed by atoms with E-state index in [-0.39, 0.29) is 5.69 Å². The van der Waals surface area contributed by atoms with Crippen molar-refractivity contribution in [3.05, 3.63) is 69.2 Å². The number of halogens is 1. The zero-order valence-corrected chi connectivity index (χ0v) is 12.0. The SMILES string of the molecule is O=[N+]([O-])c1ccc(NCCOCc2ccc(Cl)cc2)cc1. The predicted octanol–water partition coefficient (Wildman–Crippen LogP) is 3.88. The Labute approximate surface area is 127 Å². The normalized spacial score (nSPS) is 10.3. The summed E-state index contributed by atoms with van der Waals surface area (Å²) in [7, 11) is 0. The molecule has 0 saturated heterocycles. The third-order valence-electron chi connectivity index (χ3n) is 2.84. The quantitative estimate of drug-likeness (QED) is 0.479. The summed E-state index contributed by atoms with van der Waals surface area (Å²) in [5.74, 6) is 0. The van der Waals surface area contributed by atoms with Gasteiger partial charge in [-0.1, -0.05) is 23.7 Å². The second-order valence-electron chi connectivity index (χ2n) is 4.41. The number of nitrogens with zero attached hydrogens (tertiary/aromatic N) is 1. The van der Waals surface area contributed by atoms with Gasteiger partial charge < -0.3 is 10.1 Å². The van der Waals surface area contributed by atoms with Crippen LogP contribution in [-0.2, 0) is 11.3 Å². The molecule has 0 bridgehead atoms. The smallest absolute Gasteiger partial charge is 0.269 e. The fourth-order valence-electron chi connectivity index (χ4n) is 1.74. The third kappa shape index (κ3) is 5.06. The predicted molar refractivity (Wildman–Crippen MR) is 82.7 cm³/mol. The van der Waals surface area contributed by atoms with Crippen LogP contribution >= 0.6 is 11.6 Å². The number of benzene rings is 2. The van der Waals surface area contributed by atoms with Crippen molar-refractivity contribution in [3.8, 4) is 0 Å². The van der Waals surface area contributed by atoms with Gasteiger partial charge in [0.2, 0.25) is 0 Å². The Morgan fingerprint density at radius 2 is 1.76 bits per heavy atom. The number of nitrogens with one attached hydrogen (secondary N) is 1. The second-order valence-corrected chi connectivity index (χ2v) is 4.85. The van der Waals surface area contributed by atoms with Crippen molar-refractivity contribution >= 4 is 23.0 Å². The lowest BCUT2D eigenvalue weighted by Gasteiger charge is -2.07. The van der Waals surface area contributed by atoms with Gasteiger partial charge in [-0.05, 0) is 29.8 Å². The van der Waals surface area contributed by atoms with Gasteiger partial charge in [-0.25, -0.2) is 0 Å². The summed E-state index contributed by atoms with van der Waals surface area (Å²) in [5.41, 5.74) is 1.98.